The lowest BCUT2D eigenvalue weighted by molar-refractivity contribution is -0.355. The smallest absolute Gasteiger partial charge is 0.275 e. The van der Waals surface area contributed by atoms with Gasteiger partial charge in [0, 0.05) is 6.42 Å². The van der Waals surface area contributed by atoms with Crippen molar-refractivity contribution in [2.45, 2.75) is 25.4 Å². The van der Waals surface area contributed by atoms with Crippen molar-refractivity contribution in [2.24, 2.45) is 0 Å². The van der Waals surface area contributed by atoms with Gasteiger partial charge in [0.2, 0.25) is 11.8 Å². The molecule has 0 aromatic heterocycles. The highest BCUT2D eigenvalue weighted by Gasteiger charge is 2.23. The molecule has 1 aromatic carbocycles. The van der Waals surface area contributed by atoms with Gasteiger partial charge in [-0.25, -0.2) is 0 Å². The van der Waals surface area contributed by atoms with Crippen molar-refractivity contribution in [1.82, 2.24) is 16.0 Å². The molecule has 0 spiro atoms. The predicted molar refractivity (Wildman–Crippen MR) is 87.1 cm³/mol. The SMILES string of the molecule is C[C@H](NC(=O)[C@H](Cc1ccc(O)cc1)NC(=O)CNC(=O)C[NH3+])C(=O)[O-]. The summed E-state index contributed by atoms with van der Waals surface area (Å²) in [4.78, 5) is 46.2. The number of hydrogen-bond acceptors (Lipinski definition) is 6. The molecule has 0 aliphatic rings. The molecule has 0 bridgehead atoms. The number of phenolic OH excluding ortho intramolecular Hbond substituents is 1. The molecular formula is C16H22N4O6. The molecule has 0 fully saturated rings. The summed E-state index contributed by atoms with van der Waals surface area (Å²) >= 11 is 0. The first kappa shape index (κ1) is 20.9. The van der Waals surface area contributed by atoms with Gasteiger partial charge in [0.05, 0.1) is 18.6 Å². The lowest BCUT2D eigenvalue weighted by atomic mass is 10.0. The third-order valence-electron chi connectivity index (χ3n) is 3.41. The second-order valence-electron chi connectivity index (χ2n) is 5.57. The summed E-state index contributed by atoms with van der Waals surface area (Å²) in [5.74, 6) is -3.18. The molecule has 2 atom stereocenters. The maximum absolute atomic E-state index is 12.3. The highest BCUT2D eigenvalue weighted by atomic mass is 16.4. The van der Waals surface area contributed by atoms with Crippen LogP contribution in [0.2, 0.25) is 0 Å². The number of aromatic hydroxyl groups is 1. The number of hydrogen-bond donors (Lipinski definition) is 5. The fraction of sp³-hybridized carbons (Fsp3) is 0.375. The molecule has 1 aromatic rings. The molecule has 0 aliphatic carbocycles. The third-order valence-corrected chi connectivity index (χ3v) is 3.41. The van der Waals surface area contributed by atoms with E-state index in [1.807, 2.05) is 0 Å². The normalized spacial score (nSPS) is 12.5. The van der Waals surface area contributed by atoms with Gasteiger partial charge in [0.15, 0.2) is 6.54 Å². The van der Waals surface area contributed by atoms with E-state index in [4.69, 9.17) is 0 Å². The molecular weight excluding hydrogens is 344 g/mol. The predicted octanol–water partition coefficient (Wildman–Crippen LogP) is -3.97. The number of amides is 3. The molecule has 0 aliphatic heterocycles. The average Bonchev–Trinajstić information content (AvgIpc) is 2.60. The van der Waals surface area contributed by atoms with E-state index < -0.39 is 35.8 Å². The van der Waals surface area contributed by atoms with E-state index in [9.17, 15) is 29.4 Å². The monoisotopic (exact) mass is 366 g/mol. The molecule has 10 heteroatoms. The number of phenols is 1. The van der Waals surface area contributed by atoms with E-state index in [-0.39, 0.29) is 25.3 Å². The summed E-state index contributed by atoms with van der Waals surface area (Å²) in [7, 11) is 0. The summed E-state index contributed by atoms with van der Waals surface area (Å²) in [6.45, 7) is 0.860. The molecule has 3 amide bonds. The molecule has 10 nitrogen and oxygen atoms in total. The largest absolute Gasteiger partial charge is 0.548 e. The average molecular weight is 366 g/mol. The van der Waals surface area contributed by atoms with E-state index in [1.165, 1.54) is 19.1 Å². The maximum Gasteiger partial charge on any atom is 0.275 e. The van der Waals surface area contributed by atoms with Crippen LogP contribution in [0.25, 0.3) is 0 Å². The maximum atomic E-state index is 12.3. The number of quaternary nitrogens is 1. The Bertz CT molecular complexity index is 661. The highest BCUT2D eigenvalue weighted by Crippen LogP contribution is 2.11. The molecule has 0 unspecified atom stereocenters. The Hall–Kier alpha value is -3.14. The lowest BCUT2D eigenvalue weighted by Gasteiger charge is -2.22. The van der Waals surface area contributed by atoms with Crippen LogP contribution in [-0.4, -0.2) is 54.0 Å². The summed E-state index contributed by atoms with van der Waals surface area (Å²) in [6, 6.07) is 3.65. The van der Waals surface area contributed by atoms with Crippen molar-refractivity contribution in [3.63, 3.8) is 0 Å². The number of benzene rings is 1. The lowest BCUT2D eigenvalue weighted by Crippen LogP contribution is -2.58. The summed E-state index contributed by atoms with van der Waals surface area (Å²) in [5.41, 5.74) is 4.01. The van der Waals surface area contributed by atoms with Gasteiger partial charge >= 0.3 is 0 Å². The van der Waals surface area contributed by atoms with Gasteiger partial charge in [-0.05, 0) is 24.6 Å². The van der Waals surface area contributed by atoms with Crippen molar-refractivity contribution < 1.29 is 35.1 Å². The molecule has 142 valence electrons. The summed E-state index contributed by atoms with van der Waals surface area (Å²) < 4.78 is 0. The number of carbonyl (C=O) groups is 4. The molecule has 1 rings (SSSR count). The number of rotatable bonds is 9. The number of carboxylic acid groups (broad SMARTS) is 1. The Kier molecular flexibility index (Phi) is 8.03. The second-order valence-corrected chi connectivity index (χ2v) is 5.57. The van der Waals surface area contributed by atoms with Crippen molar-refractivity contribution in [3.05, 3.63) is 29.8 Å². The van der Waals surface area contributed by atoms with Crippen molar-refractivity contribution in [1.29, 1.82) is 0 Å². The van der Waals surface area contributed by atoms with Crippen LogP contribution in [0.3, 0.4) is 0 Å². The zero-order valence-corrected chi connectivity index (χ0v) is 14.3. The minimum absolute atomic E-state index is 0.0339. The van der Waals surface area contributed by atoms with E-state index >= 15 is 0 Å². The van der Waals surface area contributed by atoms with Crippen LogP contribution >= 0.6 is 0 Å². The Morgan fingerprint density at radius 1 is 1.12 bits per heavy atom. The first-order valence-corrected chi connectivity index (χ1v) is 7.87. The van der Waals surface area contributed by atoms with Crippen molar-refractivity contribution in [3.8, 4) is 5.75 Å². The third kappa shape index (κ3) is 7.18. The van der Waals surface area contributed by atoms with Crippen molar-refractivity contribution in [2.75, 3.05) is 13.1 Å². The van der Waals surface area contributed by atoms with Gasteiger partial charge in [0.1, 0.15) is 11.8 Å². The topological polar surface area (TPSA) is 175 Å². The van der Waals surface area contributed by atoms with Gasteiger partial charge < -0.3 is 36.7 Å². The zero-order chi connectivity index (χ0) is 19.7. The summed E-state index contributed by atoms with van der Waals surface area (Å²) in [5, 5.41) is 27.1. The zero-order valence-electron chi connectivity index (χ0n) is 14.3. The molecule has 7 N–H and O–H groups in total. The Balaban J connectivity index is 2.81. The van der Waals surface area contributed by atoms with Gasteiger partial charge in [0.25, 0.3) is 5.91 Å². The van der Waals surface area contributed by atoms with E-state index in [2.05, 4.69) is 21.7 Å². The fourth-order valence-electron chi connectivity index (χ4n) is 1.96. The number of carboxylic acids is 1. The quantitative estimate of drug-likeness (QED) is 0.298. The molecule has 0 saturated heterocycles. The van der Waals surface area contributed by atoms with Gasteiger partial charge in [-0.15, -0.1) is 0 Å². The standard InChI is InChI=1S/C16H22N4O6/c1-9(16(25)26)19-15(24)12(6-10-2-4-11(21)5-3-10)20-14(23)8-18-13(22)7-17/h2-5,9,12,21H,6-8,17H2,1H3,(H,18,22)(H,19,24)(H,20,23)(H,25,26)/t9-,12-/m0/s1. The van der Waals surface area contributed by atoms with Crippen LogP contribution in [0, 0.1) is 0 Å². The van der Waals surface area contributed by atoms with Gasteiger partial charge in [-0.1, -0.05) is 12.1 Å². The first-order valence-electron chi connectivity index (χ1n) is 7.87. The van der Waals surface area contributed by atoms with Crippen LogP contribution in [0.5, 0.6) is 5.75 Å². The summed E-state index contributed by atoms with van der Waals surface area (Å²) in [6.07, 6.45) is 0.0564. The van der Waals surface area contributed by atoms with Gasteiger partial charge in [-0.3, -0.25) is 14.4 Å². The van der Waals surface area contributed by atoms with Crippen LogP contribution in [0.15, 0.2) is 24.3 Å². The fourth-order valence-corrected chi connectivity index (χ4v) is 1.96. The van der Waals surface area contributed by atoms with E-state index in [1.54, 1.807) is 12.1 Å². The Morgan fingerprint density at radius 2 is 1.73 bits per heavy atom. The number of carbonyl (C=O) groups excluding carboxylic acids is 4. The number of aliphatic carboxylic acids is 1. The number of nitrogens with one attached hydrogen (secondary N) is 3. The van der Waals surface area contributed by atoms with Crippen LogP contribution < -0.4 is 26.8 Å². The molecule has 0 heterocycles. The minimum Gasteiger partial charge on any atom is -0.548 e. The highest BCUT2D eigenvalue weighted by molar-refractivity contribution is 5.91. The minimum atomic E-state index is -1.46. The van der Waals surface area contributed by atoms with Crippen LogP contribution in [-0.2, 0) is 25.6 Å². The van der Waals surface area contributed by atoms with Crippen LogP contribution in [0.1, 0.15) is 12.5 Å². The second kappa shape index (κ2) is 9.99. The van der Waals surface area contributed by atoms with E-state index in [0.717, 1.165) is 0 Å². The Labute approximate surface area is 149 Å². The molecule has 0 radical (unpaired) electrons. The van der Waals surface area contributed by atoms with E-state index in [0.29, 0.717) is 5.56 Å². The van der Waals surface area contributed by atoms with Crippen molar-refractivity contribution >= 4 is 23.7 Å². The van der Waals surface area contributed by atoms with Crippen LogP contribution in [0.4, 0.5) is 0 Å². The first-order chi connectivity index (χ1) is 12.2. The molecule has 0 saturated carbocycles. The Morgan fingerprint density at radius 3 is 2.27 bits per heavy atom. The molecule has 26 heavy (non-hydrogen) atoms. The van der Waals surface area contributed by atoms with Gasteiger partial charge in [-0.2, -0.15) is 0 Å².